The van der Waals surface area contributed by atoms with Crippen LogP contribution in [0.4, 0.5) is 0 Å². The standard InChI is InChI=1S/C13H21ClN4O/c1-17(2)7-8-18-12(10(14)9-16-18)13(19)11-5-3-4-6-15-11/h9,11,15H,3-8H2,1-2H3. The molecule has 6 heteroatoms. The Bertz CT molecular complexity index is 438. The number of nitrogens with zero attached hydrogens (tertiary/aromatic N) is 3. The van der Waals surface area contributed by atoms with Gasteiger partial charge in [0.1, 0.15) is 5.69 Å². The first-order valence-corrected chi connectivity index (χ1v) is 7.11. The summed E-state index contributed by atoms with van der Waals surface area (Å²) in [6, 6.07) is -0.110. The third kappa shape index (κ3) is 3.55. The van der Waals surface area contributed by atoms with Gasteiger partial charge in [0.25, 0.3) is 0 Å². The zero-order valence-corrected chi connectivity index (χ0v) is 12.3. The van der Waals surface area contributed by atoms with Crippen LogP contribution in [0.5, 0.6) is 0 Å². The second kappa shape index (κ2) is 6.50. The fraction of sp³-hybridized carbons (Fsp3) is 0.692. The second-order valence-electron chi connectivity index (χ2n) is 5.23. The van der Waals surface area contributed by atoms with Crippen LogP contribution in [0.2, 0.25) is 5.02 Å². The SMILES string of the molecule is CN(C)CCn1ncc(Cl)c1C(=O)C1CCCCN1. The molecule has 1 saturated heterocycles. The Morgan fingerprint density at radius 2 is 2.37 bits per heavy atom. The number of piperidine rings is 1. The van der Waals surface area contributed by atoms with Crippen molar-refractivity contribution in [1.82, 2.24) is 20.0 Å². The first kappa shape index (κ1) is 14.5. The topological polar surface area (TPSA) is 50.2 Å². The Kier molecular flexibility index (Phi) is 4.96. The van der Waals surface area contributed by atoms with Crippen molar-refractivity contribution in [3.05, 3.63) is 16.9 Å². The van der Waals surface area contributed by atoms with E-state index in [2.05, 4.69) is 15.3 Å². The van der Waals surface area contributed by atoms with Crippen LogP contribution in [0.25, 0.3) is 0 Å². The Morgan fingerprint density at radius 1 is 1.58 bits per heavy atom. The van der Waals surface area contributed by atoms with Gasteiger partial charge >= 0.3 is 0 Å². The highest BCUT2D eigenvalue weighted by atomic mass is 35.5. The summed E-state index contributed by atoms with van der Waals surface area (Å²) in [5, 5.41) is 7.93. The molecule has 1 aromatic heterocycles. The molecule has 1 N–H and O–H groups in total. The second-order valence-corrected chi connectivity index (χ2v) is 5.64. The number of rotatable bonds is 5. The number of aromatic nitrogens is 2. The number of ketones is 1. The van der Waals surface area contributed by atoms with Gasteiger partial charge in [0, 0.05) is 6.54 Å². The minimum Gasteiger partial charge on any atom is -0.308 e. The number of halogens is 1. The van der Waals surface area contributed by atoms with Gasteiger partial charge in [-0.15, -0.1) is 0 Å². The van der Waals surface area contributed by atoms with E-state index in [1.807, 2.05) is 14.1 Å². The lowest BCUT2D eigenvalue weighted by molar-refractivity contribution is 0.0915. The molecule has 0 aliphatic carbocycles. The van der Waals surface area contributed by atoms with Crippen molar-refractivity contribution in [3.63, 3.8) is 0 Å². The minimum absolute atomic E-state index is 0.0703. The van der Waals surface area contributed by atoms with Crippen LogP contribution in [0.15, 0.2) is 6.20 Å². The number of nitrogens with one attached hydrogen (secondary N) is 1. The lowest BCUT2D eigenvalue weighted by Crippen LogP contribution is -2.41. The highest BCUT2D eigenvalue weighted by Gasteiger charge is 2.27. The van der Waals surface area contributed by atoms with E-state index in [1.165, 1.54) is 0 Å². The lowest BCUT2D eigenvalue weighted by Gasteiger charge is -2.22. The summed E-state index contributed by atoms with van der Waals surface area (Å²) in [6.45, 7) is 2.41. The zero-order chi connectivity index (χ0) is 13.8. The third-order valence-electron chi connectivity index (χ3n) is 3.41. The molecule has 0 amide bonds. The van der Waals surface area contributed by atoms with Gasteiger partial charge in [-0.1, -0.05) is 18.0 Å². The highest BCUT2D eigenvalue weighted by Crippen LogP contribution is 2.20. The summed E-state index contributed by atoms with van der Waals surface area (Å²) in [4.78, 5) is 14.6. The van der Waals surface area contributed by atoms with Crippen molar-refractivity contribution in [2.24, 2.45) is 0 Å². The Balaban J connectivity index is 2.13. The maximum Gasteiger partial charge on any atom is 0.199 e. The number of carbonyl (C=O) groups is 1. The fourth-order valence-corrected chi connectivity index (χ4v) is 2.55. The summed E-state index contributed by atoms with van der Waals surface area (Å²) in [5.74, 6) is 0.0703. The smallest absolute Gasteiger partial charge is 0.199 e. The maximum absolute atomic E-state index is 12.5. The fourth-order valence-electron chi connectivity index (χ4n) is 2.31. The molecular weight excluding hydrogens is 264 g/mol. The molecular formula is C13H21ClN4O. The number of hydrogen-bond donors (Lipinski definition) is 1. The first-order chi connectivity index (χ1) is 9.09. The van der Waals surface area contributed by atoms with E-state index in [0.717, 1.165) is 32.4 Å². The van der Waals surface area contributed by atoms with E-state index in [9.17, 15) is 4.79 Å². The largest absolute Gasteiger partial charge is 0.308 e. The molecule has 0 radical (unpaired) electrons. The van der Waals surface area contributed by atoms with Crippen molar-refractivity contribution in [2.75, 3.05) is 27.2 Å². The normalized spacial score (nSPS) is 19.9. The average Bonchev–Trinajstić information content (AvgIpc) is 2.78. The van der Waals surface area contributed by atoms with Crippen LogP contribution >= 0.6 is 11.6 Å². The maximum atomic E-state index is 12.5. The highest BCUT2D eigenvalue weighted by molar-refractivity contribution is 6.33. The third-order valence-corrected chi connectivity index (χ3v) is 3.69. The Hall–Kier alpha value is -0.910. The molecule has 1 aliphatic rings. The van der Waals surface area contributed by atoms with E-state index in [0.29, 0.717) is 17.3 Å². The predicted molar refractivity (Wildman–Crippen MR) is 75.8 cm³/mol. The zero-order valence-electron chi connectivity index (χ0n) is 11.5. The molecule has 1 atom stereocenters. The molecule has 19 heavy (non-hydrogen) atoms. The van der Waals surface area contributed by atoms with Gasteiger partial charge in [-0.3, -0.25) is 9.48 Å². The quantitative estimate of drug-likeness (QED) is 0.831. The summed E-state index contributed by atoms with van der Waals surface area (Å²) in [7, 11) is 3.99. The van der Waals surface area contributed by atoms with Gasteiger partial charge in [-0.05, 0) is 33.5 Å². The van der Waals surface area contributed by atoms with Crippen LogP contribution in [0.1, 0.15) is 29.8 Å². The first-order valence-electron chi connectivity index (χ1n) is 6.73. The lowest BCUT2D eigenvalue weighted by atomic mass is 9.99. The number of likely N-dealkylation sites (N-methyl/N-ethyl adjacent to an activating group) is 1. The average molecular weight is 285 g/mol. The predicted octanol–water partition coefficient (Wildman–Crippen LogP) is 1.42. The van der Waals surface area contributed by atoms with E-state index in [-0.39, 0.29) is 11.8 Å². The molecule has 0 spiro atoms. The van der Waals surface area contributed by atoms with Crippen molar-refractivity contribution in [1.29, 1.82) is 0 Å². The molecule has 1 aliphatic heterocycles. The number of carbonyl (C=O) groups excluding carboxylic acids is 1. The van der Waals surface area contributed by atoms with Gasteiger partial charge in [0.05, 0.1) is 23.8 Å². The molecule has 1 aromatic rings. The van der Waals surface area contributed by atoms with Crippen LogP contribution in [-0.2, 0) is 6.54 Å². The number of Topliss-reactive ketones (excluding diaryl/α,β-unsaturated/α-hetero) is 1. The number of hydrogen-bond acceptors (Lipinski definition) is 4. The molecule has 0 aromatic carbocycles. The molecule has 0 saturated carbocycles. The van der Waals surface area contributed by atoms with Crippen LogP contribution < -0.4 is 5.32 Å². The van der Waals surface area contributed by atoms with Crippen molar-refractivity contribution >= 4 is 17.4 Å². The Morgan fingerprint density at radius 3 is 3.00 bits per heavy atom. The molecule has 1 fully saturated rings. The molecule has 5 nitrogen and oxygen atoms in total. The summed E-state index contributed by atoms with van der Waals surface area (Å²) in [5.41, 5.74) is 0.544. The van der Waals surface area contributed by atoms with Gasteiger partial charge < -0.3 is 10.2 Å². The van der Waals surface area contributed by atoms with Gasteiger partial charge in [0.2, 0.25) is 0 Å². The van der Waals surface area contributed by atoms with Crippen molar-refractivity contribution < 1.29 is 4.79 Å². The Labute approximate surface area is 118 Å². The molecule has 2 heterocycles. The van der Waals surface area contributed by atoms with E-state index in [4.69, 9.17) is 11.6 Å². The molecule has 1 unspecified atom stereocenters. The summed E-state index contributed by atoms with van der Waals surface area (Å²) < 4.78 is 1.72. The van der Waals surface area contributed by atoms with Gasteiger partial charge in [-0.2, -0.15) is 5.10 Å². The molecule has 106 valence electrons. The summed E-state index contributed by atoms with van der Waals surface area (Å²) >= 11 is 6.13. The monoisotopic (exact) mass is 284 g/mol. The molecule has 2 rings (SSSR count). The van der Waals surface area contributed by atoms with E-state index >= 15 is 0 Å². The van der Waals surface area contributed by atoms with E-state index in [1.54, 1.807) is 10.9 Å². The summed E-state index contributed by atoms with van der Waals surface area (Å²) in [6.07, 6.45) is 4.67. The van der Waals surface area contributed by atoms with Crippen LogP contribution in [-0.4, -0.2) is 53.7 Å². The van der Waals surface area contributed by atoms with Crippen LogP contribution in [0, 0.1) is 0 Å². The molecule has 0 bridgehead atoms. The van der Waals surface area contributed by atoms with Crippen molar-refractivity contribution in [3.8, 4) is 0 Å². The van der Waals surface area contributed by atoms with Crippen molar-refractivity contribution in [2.45, 2.75) is 31.8 Å². The van der Waals surface area contributed by atoms with Crippen LogP contribution in [0.3, 0.4) is 0 Å². The minimum atomic E-state index is -0.110. The van der Waals surface area contributed by atoms with Gasteiger partial charge in [-0.25, -0.2) is 0 Å². The van der Waals surface area contributed by atoms with Gasteiger partial charge in [0.15, 0.2) is 5.78 Å². The van der Waals surface area contributed by atoms with E-state index < -0.39 is 0 Å².